The van der Waals surface area contributed by atoms with Gasteiger partial charge in [-0.2, -0.15) is 0 Å². The molecule has 26 heavy (non-hydrogen) atoms. The Balaban J connectivity index is 2.00. The maximum absolute atomic E-state index is 13.0. The van der Waals surface area contributed by atoms with Crippen LogP contribution in [-0.4, -0.2) is 31.6 Å². The van der Waals surface area contributed by atoms with Crippen molar-refractivity contribution in [2.24, 2.45) is 0 Å². The molecule has 0 unspecified atom stereocenters. The summed E-state index contributed by atoms with van der Waals surface area (Å²) in [6.45, 7) is 1.16. The molecule has 0 spiro atoms. The third-order valence-electron chi connectivity index (χ3n) is 3.42. The fourth-order valence-electron chi connectivity index (χ4n) is 2.05. The molecule has 0 aliphatic heterocycles. The summed E-state index contributed by atoms with van der Waals surface area (Å²) in [5.41, 5.74) is 1.31. The summed E-state index contributed by atoms with van der Waals surface area (Å²) < 4.78 is 22.5. The normalized spacial score (nSPS) is 10.2. The van der Waals surface area contributed by atoms with Crippen molar-refractivity contribution in [2.75, 3.05) is 19.0 Å². The van der Waals surface area contributed by atoms with Gasteiger partial charge in [-0.05, 0) is 42.8 Å². The van der Waals surface area contributed by atoms with Gasteiger partial charge in [-0.15, -0.1) is 0 Å². The second-order valence-electron chi connectivity index (χ2n) is 5.27. The van der Waals surface area contributed by atoms with Crippen molar-refractivity contribution in [2.45, 2.75) is 6.92 Å². The van der Waals surface area contributed by atoms with E-state index in [1.807, 2.05) is 0 Å². The van der Waals surface area contributed by atoms with Crippen LogP contribution in [0.1, 0.15) is 26.3 Å². The van der Waals surface area contributed by atoms with Gasteiger partial charge in [-0.3, -0.25) is 4.79 Å². The summed E-state index contributed by atoms with van der Waals surface area (Å²) in [6, 6.07) is 7.86. The van der Waals surface area contributed by atoms with Crippen molar-refractivity contribution in [3.05, 3.63) is 63.9 Å². The molecule has 0 aliphatic rings. The molecule has 8 heteroatoms. The summed E-state index contributed by atoms with van der Waals surface area (Å²) in [5.74, 6) is -2.60. The minimum absolute atomic E-state index is 0.0512. The van der Waals surface area contributed by atoms with E-state index in [9.17, 15) is 18.8 Å². The molecule has 2 aromatic carbocycles. The second-order valence-corrected chi connectivity index (χ2v) is 5.68. The molecule has 0 fully saturated rings. The number of anilines is 1. The predicted octanol–water partition coefficient (Wildman–Crippen LogP) is 3.37. The number of halogens is 2. The zero-order chi connectivity index (χ0) is 19.3. The van der Waals surface area contributed by atoms with Crippen molar-refractivity contribution in [1.82, 2.24) is 0 Å². The van der Waals surface area contributed by atoms with E-state index in [-0.39, 0.29) is 16.1 Å². The Hall–Kier alpha value is -2.93. The number of rotatable bonds is 5. The standard InChI is InChI=1S/C18H15ClFNO5/c1-10-3-4-11(17(23)25-2)7-15(10)21-16(22)9-26-18(24)13-6-5-12(20)8-14(13)19/h3-8H,9H2,1-2H3,(H,21,22). The highest BCUT2D eigenvalue weighted by Crippen LogP contribution is 2.19. The highest BCUT2D eigenvalue weighted by atomic mass is 35.5. The molecule has 0 bridgehead atoms. The predicted molar refractivity (Wildman–Crippen MR) is 92.8 cm³/mol. The second kappa shape index (κ2) is 8.44. The number of hydrogen-bond acceptors (Lipinski definition) is 5. The molecule has 0 radical (unpaired) electrons. The average Bonchev–Trinajstić information content (AvgIpc) is 2.61. The lowest BCUT2D eigenvalue weighted by molar-refractivity contribution is -0.119. The van der Waals surface area contributed by atoms with Gasteiger partial charge < -0.3 is 14.8 Å². The molecule has 0 saturated heterocycles. The van der Waals surface area contributed by atoms with E-state index in [2.05, 4.69) is 10.1 Å². The van der Waals surface area contributed by atoms with Crippen LogP contribution in [0.3, 0.4) is 0 Å². The SMILES string of the molecule is COC(=O)c1ccc(C)c(NC(=O)COC(=O)c2ccc(F)cc2Cl)c1. The largest absolute Gasteiger partial charge is 0.465 e. The van der Waals surface area contributed by atoms with Crippen LogP contribution in [0.15, 0.2) is 36.4 Å². The molecule has 2 aromatic rings. The Morgan fingerprint density at radius 2 is 1.85 bits per heavy atom. The van der Waals surface area contributed by atoms with Gasteiger partial charge in [0, 0.05) is 5.69 Å². The summed E-state index contributed by atoms with van der Waals surface area (Å²) in [5, 5.41) is 2.43. The van der Waals surface area contributed by atoms with Gasteiger partial charge in [0.2, 0.25) is 0 Å². The van der Waals surface area contributed by atoms with Crippen LogP contribution in [0.25, 0.3) is 0 Å². The fourth-order valence-corrected chi connectivity index (χ4v) is 2.30. The molecule has 6 nitrogen and oxygen atoms in total. The van der Waals surface area contributed by atoms with E-state index in [1.54, 1.807) is 19.1 Å². The fraction of sp³-hybridized carbons (Fsp3) is 0.167. The third-order valence-corrected chi connectivity index (χ3v) is 3.73. The van der Waals surface area contributed by atoms with Crippen LogP contribution in [0.5, 0.6) is 0 Å². The quantitative estimate of drug-likeness (QED) is 0.805. The van der Waals surface area contributed by atoms with Gasteiger partial charge in [-0.25, -0.2) is 14.0 Å². The number of hydrogen-bond donors (Lipinski definition) is 1. The Kier molecular flexibility index (Phi) is 6.30. The number of ether oxygens (including phenoxy) is 2. The van der Waals surface area contributed by atoms with Gasteiger partial charge in [0.05, 0.1) is 23.3 Å². The molecule has 0 heterocycles. The zero-order valence-electron chi connectivity index (χ0n) is 14.0. The lowest BCUT2D eigenvalue weighted by Gasteiger charge is -2.11. The van der Waals surface area contributed by atoms with Gasteiger partial charge in [-0.1, -0.05) is 17.7 Å². The first-order valence-electron chi connectivity index (χ1n) is 7.43. The zero-order valence-corrected chi connectivity index (χ0v) is 14.7. The lowest BCUT2D eigenvalue weighted by Crippen LogP contribution is -2.21. The number of nitrogens with one attached hydrogen (secondary N) is 1. The molecular formula is C18H15ClFNO5. The third kappa shape index (κ3) is 4.80. The molecular weight excluding hydrogens is 365 g/mol. The van der Waals surface area contributed by atoms with Crippen LogP contribution < -0.4 is 5.32 Å². The maximum Gasteiger partial charge on any atom is 0.340 e. The van der Waals surface area contributed by atoms with E-state index in [4.69, 9.17) is 16.3 Å². The molecule has 0 atom stereocenters. The van der Waals surface area contributed by atoms with E-state index in [1.165, 1.54) is 19.2 Å². The van der Waals surface area contributed by atoms with Crippen LogP contribution in [0.2, 0.25) is 5.02 Å². The number of methoxy groups -OCH3 is 1. The lowest BCUT2D eigenvalue weighted by atomic mass is 10.1. The van der Waals surface area contributed by atoms with Crippen LogP contribution >= 0.6 is 11.6 Å². The van der Waals surface area contributed by atoms with Crippen LogP contribution in [0.4, 0.5) is 10.1 Å². The Morgan fingerprint density at radius 3 is 2.50 bits per heavy atom. The number of carbonyl (C=O) groups is 3. The van der Waals surface area contributed by atoms with E-state index < -0.39 is 30.3 Å². The number of carbonyl (C=O) groups excluding carboxylic acids is 3. The minimum Gasteiger partial charge on any atom is -0.465 e. The molecule has 0 aromatic heterocycles. The van der Waals surface area contributed by atoms with Crippen LogP contribution in [-0.2, 0) is 14.3 Å². The average molecular weight is 380 g/mol. The van der Waals surface area contributed by atoms with E-state index in [0.29, 0.717) is 11.3 Å². The van der Waals surface area contributed by atoms with Crippen LogP contribution in [0, 0.1) is 12.7 Å². The van der Waals surface area contributed by atoms with Crippen molar-refractivity contribution in [1.29, 1.82) is 0 Å². The van der Waals surface area contributed by atoms with E-state index in [0.717, 1.165) is 12.1 Å². The molecule has 136 valence electrons. The van der Waals surface area contributed by atoms with Gasteiger partial charge in [0.1, 0.15) is 5.82 Å². The minimum atomic E-state index is -0.856. The number of benzene rings is 2. The first-order valence-corrected chi connectivity index (χ1v) is 7.80. The van der Waals surface area contributed by atoms with Crippen molar-refractivity contribution in [3.63, 3.8) is 0 Å². The molecule has 1 amide bonds. The van der Waals surface area contributed by atoms with E-state index >= 15 is 0 Å². The number of aryl methyl sites for hydroxylation is 1. The van der Waals surface area contributed by atoms with Crippen molar-refractivity contribution < 1.29 is 28.2 Å². The summed E-state index contributed by atoms with van der Waals surface area (Å²) >= 11 is 5.77. The topological polar surface area (TPSA) is 81.7 Å². The Labute approximate surface area is 153 Å². The molecule has 1 N–H and O–H groups in total. The summed E-state index contributed by atoms with van der Waals surface area (Å²) in [6.07, 6.45) is 0. The highest BCUT2D eigenvalue weighted by molar-refractivity contribution is 6.33. The Bertz CT molecular complexity index is 869. The summed E-state index contributed by atoms with van der Waals surface area (Å²) in [7, 11) is 1.25. The molecule has 0 aliphatic carbocycles. The molecule has 0 saturated carbocycles. The smallest absolute Gasteiger partial charge is 0.340 e. The van der Waals surface area contributed by atoms with Gasteiger partial charge in [0.25, 0.3) is 5.91 Å². The van der Waals surface area contributed by atoms with Gasteiger partial charge in [0.15, 0.2) is 6.61 Å². The first kappa shape index (κ1) is 19.4. The Morgan fingerprint density at radius 1 is 1.12 bits per heavy atom. The first-order chi connectivity index (χ1) is 12.3. The monoisotopic (exact) mass is 379 g/mol. The molecule has 2 rings (SSSR count). The summed E-state index contributed by atoms with van der Waals surface area (Å²) in [4.78, 5) is 35.5. The van der Waals surface area contributed by atoms with Crippen molar-refractivity contribution >= 4 is 35.1 Å². The number of amides is 1. The number of esters is 2. The highest BCUT2D eigenvalue weighted by Gasteiger charge is 2.15. The van der Waals surface area contributed by atoms with Crippen molar-refractivity contribution in [3.8, 4) is 0 Å². The maximum atomic E-state index is 13.0. The van der Waals surface area contributed by atoms with Gasteiger partial charge >= 0.3 is 11.9 Å².